The molecule has 5 heteroatoms. The molecular weight excluding hydrogens is 222 g/mol. The number of nitrogens with zero attached hydrogens (tertiary/aromatic N) is 3. The fourth-order valence-electron chi connectivity index (χ4n) is 1.69. The summed E-state index contributed by atoms with van der Waals surface area (Å²) in [7, 11) is 0. The van der Waals surface area contributed by atoms with Crippen molar-refractivity contribution in [1.29, 1.82) is 0 Å². The van der Waals surface area contributed by atoms with E-state index in [2.05, 4.69) is 9.97 Å². The Labute approximate surface area is 95.8 Å². The van der Waals surface area contributed by atoms with Crippen molar-refractivity contribution in [1.82, 2.24) is 14.4 Å². The number of hydrogen-bond acceptors (Lipinski definition) is 4. The fourth-order valence-corrected chi connectivity index (χ4v) is 2.59. The van der Waals surface area contributed by atoms with Gasteiger partial charge in [-0.1, -0.05) is 0 Å². The van der Waals surface area contributed by atoms with Gasteiger partial charge in [-0.15, -0.1) is 11.3 Å². The Balaban J connectivity index is 2.28. The van der Waals surface area contributed by atoms with Gasteiger partial charge >= 0.3 is 0 Å². The highest BCUT2D eigenvalue weighted by molar-refractivity contribution is 7.15. The summed E-state index contributed by atoms with van der Waals surface area (Å²) in [5.74, 6) is 0. The zero-order valence-electron chi connectivity index (χ0n) is 8.37. The lowest BCUT2D eigenvalue weighted by Gasteiger charge is -2.01. The van der Waals surface area contributed by atoms with E-state index in [0.717, 1.165) is 21.9 Å². The van der Waals surface area contributed by atoms with E-state index in [-0.39, 0.29) is 6.61 Å². The third-order valence-electron chi connectivity index (χ3n) is 2.44. The molecule has 1 N–H and O–H groups in total. The van der Waals surface area contributed by atoms with Gasteiger partial charge in [0.25, 0.3) is 0 Å². The third-order valence-corrected chi connectivity index (χ3v) is 3.28. The van der Waals surface area contributed by atoms with Crippen LogP contribution >= 0.6 is 11.3 Å². The smallest absolute Gasteiger partial charge is 0.194 e. The highest BCUT2D eigenvalue weighted by Gasteiger charge is 2.10. The van der Waals surface area contributed by atoms with Crippen LogP contribution in [0.4, 0.5) is 0 Å². The highest BCUT2D eigenvalue weighted by atomic mass is 32.1. The normalized spacial score (nSPS) is 11.1. The van der Waals surface area contributed by atoms with Crippen LogP contribution in [0, 0.1) is 0 Å². The Morgan fingerprint density at radius 2 is 2.31 bits per heavy atom. The first-order valence-electron chi connectivity index (χ1n) is 4.85. The monoisotopic (exact) mass is 231 g/mol. The number of hydrogen-bond donors (Lipinski definition) is 1. The second-order valence-corrected chi connectivity index (χ2v) is 4.22. The maximum atomic E-state index is 9.24. The Hall–Kier alpha value is -1.72. The molecule has 0 spiro atoms. The number of fused-ring (bicyclic) bond motifs is 1. The maximum Gasteiger partial charge on any atom is 0.194 e. The van der Waals surface area contributed by atoms with E-state index in [1.807, 2.05) is 28.1 Å². The van der Waals surface area contributed by atoms with Gasteiger partial charge < -0.3 is 5.11 Å². The van der Waals surface area contributed by atoms with Crippen LogP contribution in [0.25, 0.3) is 16.2 Å². The average molecular weight is 231 g/mol. The molecule has 0 atom stereocenters. The number of aliphatic hydroxyl groups is 1. The summed E-state index contributed by atoms with van der Waals surface area (Å²) in [6, 6.07) is 3.89. The molecule has 0 bridgehead atoms. The summed E-state index contributed by atoms with van der Waals surface area (Å²) in [5, 5.41) is 11.3. The minimum absolute atomic E-state index is 0.00877. The molecule has 3 rings (SSSR count). The van der Waals surface area contributed by atoms with Crippen LogP contribution in [-0.2, 0) is 6.61 Å². The summed E-state index contributed by atoms with van der Waals surface area (Å²) < 4.78 is 1.96. The number of thiazole rings is 1. The largest absolute Gasteiger partial charge is 0.390 e. The number of imidazole rings is 1. The van der Waals surface area contributed by atoms with Gasteiger partial charge in [0, 0.05) is 23.3 Å². The van der Waals surface area contributed by atoms with Crippen LogP contribution in [0.15, 0.2) is 36.1 Å². The first-order chi connectivity index (χ1) is 7.90. The van der Waals surface area contributed by atoms with Gasteiger partial charge in [0.1, 0.15) is 0 Å². The van der Waals surface area contributed by atoms with Crippen LogP contribution in [0.1, 0.15) is 5.69 Å². The van der Waals surface area contributed by atoms with E-state index in [1.165, 1.54) is 0 Å². The summed E-state index contributed by atoms with van der Waals surface area (Å²) in [5.41, 5.74) is 2.85. The number of aromatic nitrogens is 3. The number of pyridine rings is 1. The van der Waals surface area contributed by atoms with Crippen LogP contribution in [0.2, 0.25) is 0 Å². The lowest BCUT2D eigenvalue weighted by molar-refractivity contribution is 0.276. The Kier molecular flexibility index (Phi) is 2.19. The summed E-state index contributed by atoms with van der Waals surface area (Å²) in [6.07, 6.45) is 5.25. The van der Waals surface area contributed by atoms with E-state index >= 15 is 0 Å². The van der Waals surface area contributed by atoms with E-state index in [9.17, 15) is 5.11 Å². The molecule has 4 nitrogen and oxygen atoms in total. The summed E-state index contributed by atoms with van der Waals surface area (Å²) in [4.78, 5) is 9.22. The molecule has 0 fully saturated rings. The molecule has 0 aliphatic carbocycles. The van der Waals surface area contributed by atoms with Gasteiger partial charge in [0.15, 0.2) is 4.96 Å². The van der Waals surface area contributed by atoms with Gasteiger partial charge in [-0.25, -0.2) is 4.98 Å². The Bertz CT molecular complexity index is 614. The lowest BCUT2D eigenvalue weighted by atomic mass is 10.2. The topological polar surface area (TPSA) is 50.4 Å². The van der Waals surface area contributed by atoms with Gasteiger partial charge in [0.2, 0.25) is 0 Å². The van der Waals surface area contributed by atoms with Crippen molar-refractivity contribution in [2.45, 2.75) is 6.61 Å². The van der Waals surface area contributed by atoms with Crippen molar-refractivity contribution in [2.75, 3.05) is 0 Å². The Morgan fingerprint density at radius 1 is 1.38 bits per heavy atom. The molecular formula is C11H9N3OS. The zero-order valence-corrected chi connectivity index (χ0v) is 9.18. The first kappa shape index (κ1) is 9.50. The van der Waals surface area contributed by atoms with Crippen molar-refractivity contribution in [3.63, 3.8) is 0 Å². The molecule has 0 amide bonds. The zero-order chi connectivity index (χ0) is 11.0. The lowest BCUT2D eigenvalue weighted by Crippen LogP contribution is -1.92. The third kappa shape index (κ3) is 1.33. The molecule has 3 heterocycles. The molecule has 3 aromatic rings. The van der Waals surface area contributed by atoms with E-state index < -0.39 is 0 Å². The maximum absolute atomic E-state index is 9.24. The van der Waals surface area contributed by atoms with Gasteiger partial charge in [0.05, 0.1) is 24.2 Å². The molecule has 3 aromatic heterocycles. The predicted octanol–water partition coefficient (Wildman–Crippen LogP) is 1.95. The van der Waals surface area contributed by atoms with Gasteiger partial charge in [-0.05, 0) is 12.1 Å². The minimum atomic E-state index is -0.00877. The minimum Gasteiger partial charge on any atom is -0.390 e. The van der Waals surface area contributed by atoms with Crippen LogP contribution < -0.4 is 0 Å². The molecule has 0 saturated carbocycles. The Morgan fingerprint density at radius 3 is 3.06 bits per heavy atom. The first-order valence-corrected chi connectivity index (χ1v) is 5.73. The molecule has 0 aliphatic heterocycles. The molecule has 0 saturated heterocycles. The van der Waals surface area contributed by atoms with Gasteiger partial charge in [-0.3, -0.25) is 9.38 Å². The second-order valence-electron chi connectivity index (χ2n) is 3.39. The van der Waals surface area contributed by atoms with Crippen LogP contribution in [0.5, 0.6) is 0 Å². The van der Waals surface area contributed by atoms with Crippen molar-refractivity contribution < 1.29 is 5.11 Å². The molecule has 0 aromatic carbocycles. The highest BCUT2D eigenvalue weighted by Crippen LogP contribution is 2.26. The second kappa shape index (κ2) is 3.70. The fraction of sp³-hybridized carbons (Fsp3) is 0.0909. The van der Waals surface area contributed by atoms with E-state index in [4.69, 9.17) is 0 Å². The molecule has 0 unspecified atom stereocenters. The molecule has 16 heavy (non-hydrogen) atoms. The van der Waals surface area contributed by atoms with E-state index in [1.54, 1.807) is 23.7 Å². The SMILES string of the molecule is OCc1cnc2scc(-c3cccnc3)n12. The van der Waals surface area contributed by atoms with E-state index in [0.29, 0.717) is 0 Å². The van der Waals surface area contributed by atoms with Gasteiger partial charge in [-0.2, -0.15) is 0 Å². The molecule has 0 radical (unpaired) electrons. The van der Waals surface area contributed by atoms with Crippen LogP contribution in [-0.4, -0.2) is 19.5 Å². The summed E-state index contributed by atoms with van der Waals surface area (Å²) in [6.45, 7) is -0.00877. The standard InChI is InChI=1S/C11H9N3OS/c15-6-9-5-13-11-14(9)10(7-16-11)8-2-1-3-12-4-8/h1-5,7,15H,6H2. The van der Waals surface area contributed by atoms with Crippen molar-refractivity contribution in [3.8, 4) is 11.3 Å². The van der Waals surface area contributed by atoms with Crippen molar-refractivity contribution in [3.05, 3.63) is 41.8 Å². The molecule has 80 valence electrons. The van der Waals surface area contributed by atoms with Crippen molar-refractivity contribution >= 4 is 16.3 Å². The number of rotatable bonds is 2. The van der Waals surface area contributed by atoms with Crippen molar-refractivity contribution in [2.24, 2.45) is 0 Å². The number of aliphatic hydroxyl groups excluding tert-OH is 1. The average Bonchev–Trinajstić information content (AvgIpc) is 2.90. The summed E-state index contributed by atoms with van der Waals surface area (Å²) >= 11 is 1.56. The molecule has 0 aliphatic rings. The quantitative estimate of drug-likeness (QED) is 0.733. The predicted molar refractivity (Wildman–Crippen MR) is 62.2 cm³/mol. The van der Waals surface area contributed by atoms with Crippen LogP contribution in [0.3, 0.4) is 0 Å².